The molecule has 2 N–H and O–H groups in total. The molecule has 1 aromatic heterocycles. The maximum absolute atomic E-state index is 5.83. The van der Waals surface area contributed by atoms with Gasteiger partial charge >= 0.3 is 0 Å². The third kappa shape index (κ3) is 1.89. The second-order valence-electron chi connectivity index (χ2n) is 3.70. The first-order valence-electron chi connectivity index (χ1n) is 4.91. The average Bonchev–Trinajstić information content (AvgIpc) is 2.65. The highest BCUT2D eigenvalue weighted by atomic mass is 15.4. The second-order valence-corrected chi connectivity index (χ2v) is 3.70. The SMILES string of the molecule is Cc1cccc(-n2nncc2C(C)N)c1. The fraction of sp³-hybridized carbons (Fsp3) is 0.273. The van der Waals surface area contributed by atoms with Gasteiger partial charge < -0.3 is 5.73 Å². The minimum absolute atomic E-state index is 0.0690. The van der Waals surface area contributed by atoms with Gasteiger partial charge in [0.2, 0.25) is 0 Å². The van der Waals surface area contributed by atoms with E-state index in [4.69, 9.17) is 5.73 Å². The molecule has 1 unspecified atom stereocenters. The van der Waals surface area contributed by atoms with E-state index < -0.39 is 0 Å². The lowest BCUT2D eigenvalue weighted by Gasteiger charge is -2.08. The number of aromatic nitrogens is 3. The molecule has 4 heteroatoms. The molecular weight excluding hydrogens is 188 g/mol. The van der Waals surface area contributed by atoms with Gasteiger partial charge in [-0.15, -0.1) is 5.10 Å². The summed E-state index contributed by atoms with van der Waals surface area (Å²) in [6, 6.07) is 8.03. The highest BCUT2D eigenvalue weighted by molar-refractivity contribution is 5.35. The first kappa shape index (κ1) is 9.86. The van der Waals surface area contributed by atoms with Gasteiger partial charge in [0.15, 0.2) is 0 Å². The molecule has 1 aromatic carbocycles. The molecule has 0 fully saturated rings. The van der Waals surface area contributed by atoms with Crippen LogP contribution in [0.25, 0.3) is 5.69 Å². The first-order valence-corrected chi connectivity index (χ1v) is 4.91. The zero-order valence-corrected chi connectivity index (χ0v) is 8.88. The van der Waals surface area contributed by atoms with Crippen molar-refractivity contribution in [2.75, 3.05) is 0 Å². The predicted octanol–water partition coefficient (Wildman–Crippen LogP) is 1.60. The van der Waals surface area contributed by atoms with E-state index in [9.17, 15) is 0 Å². The Labute approximate surface area is 88.7 Å². The van der Waals surface area contributed by atoms with Gasteiger partial charge in [0.25, 0.3) is 0 Å². The monoisotopic (exact) mass is 202 g/mol. The zero-order chi connectivity index (χ0) is 10.8. The van der Waals surface area contributed by atoms with Gasteiger partial charge in [-0.25, -0.2) is 4.68 Å². The minimum atomic E-state index is -0.0690. The molecule has 0 saturated heterocycles. The quantitative estimate of drug-likeness (QED) is 0.804. The van der Waals surface area contributed by atoms with Crippen molar-refractivity contribution in [2.24, 2.45) is 5.73 Å². The third-order valence-electron chi connectivity index (χ3n) is 2.29. The summed E-state index contributed by atoms with van der Waals surface area (Å²) in [5, 5.41) is 7.92. The van der Waals surface area contributed by atoms with Crippen LogP contribution in [0.2, 0.25) is 0 Å². The molecule has 78 valence electrons. The molecule has 1 heterocycles. The third-order valence-corrected chi connectivity index (χ3v) is 2.29. The highest BCUT2D eigenvalue weighted by Gasteiger charge is 2.09. The van der Waals surface area contributed by atoms with Crippen LogP contribution in [0.3, 0.4) is 0 Å². The van der Waals surface area contributed by atoms with Crippen LogP contribution in [0.1, 0.15) is 24.2 Å². The Morgan fingerprint density at radius 3 is 2.87 bits per heavy atom. The van der Waals surface area contributed by atoms with Crippen molar-refractivity contribution in [1.29, 1.82) is 0 Å². The normalized spacial score (nSPS) is 12.7. The standard InChI is InChI=1S/C11H14N4/c1-8-4-3-5-10(6-8)15-11(9(2)12)7-13-14-15/h3-7,9H,12H2,1-2H3. The van der Waals surface area contributed by atoms with Gasteiger partial charge in [-0.1, -0.05) is 17.3 Å². The van der Waals surface area contributed by atoms with Crippen LogP contribution in [0.4, 0.5) is 0 Å². The fourth-order valence-corrected chi connectivity index (χ4v) is 1.51. The van der Waals surface area contributed by atoms with E-state index in [1.807, 2.05) is 32.0 Å². The van der Waals surface area contributed by atoms with Gasteiger partial charge in [-0.2, -0.15) is 0 Å². The number of rotatable bonds is 2. The fourth-order valence-electron chi connectivity index (χ4n) is 1.51. The summed E-state index contributed by atoms with van der Waals surface area (Å²) in [5.74, 6) is 0. The predicted molar refractivity (Wildman–Crippen MR) is 58.7 cm³/mol. The van der Waals surface area contributed by atoms with E-state index in [1.54, 1.807) is 10.9 Å². The number of hydrogen-bond acceptors (Lipinski definition) is 3. The minimum Gasteiger partial charge on any atom is -0.323 e. The molecule has 4 nitrogen and oxygen atoms in total. The molecule has 15 heavy (non-hydrogen) atoms. The lowest BCUT2D eigenvalue weighted by Crippen LogP contribution is -2.12. The van der Waals surface area contributed by atoms with E-state index >= 15 is 0 Å². The van der Waals surface area contributed by atoms with Gasteiger partial charge in [0, 0.05) is 6.04 Å². The molecule has 0 saturated carbocycles. The van der Waals surface area contributed by atoms with Gasteiger partial charge in [0.1, 0.15) is 0 Å². The van der Waals surface area contributed by atoms with Crippen molar-refractivity contribution >= 4 is 0 Å². The summed E-state index contributed by atoms with van der Waals surface area (Å²) >= 11 is 0. The number of nitrogens with zero attached hydrogens (tertiary/aromatic N) is 3. The molecule has 0 bridgehead atoms. The van der Waals surface area contributed by atoms with E-state index in [2.05, 4.69) is 16.4 Å². The highest BCUT2D eigenvalue weighted by Crippen LogP contribution is 2.14. The van der Waals surface area contributed by atoms with Crippen molar-refractivity contribution in [3.8, 4) is 5.69 Å². The smallest absolute Gasteiger partial charge is 0.0810 e. The van der Waals surface area contributed by atoms with Crippen LogP contribution < -0.4 is 5.73 Å². The van der Waals surface area contributed by atoms with Crippen molar-refractivity contribution in [3.05, 3.63) is 41.7 Å². The lowest BCUT2D eigenvalue weighted by molar-refractivity contribution is 0.697. The molecule has 0 radical (unpaired) electrons. The van der Waals surface area contributed by atoms with Crippen LogP contribution in [0.15, 0.2) is 30.5 Å². The van der Waals surface area contributed by atoms with E-state index in [1.165, 1.54) is 5.56 Å². The summed E-state index contributed by atoms with van der Waals surface area (Å²) < 4.78 is 1.78. The molecule has 2 aromatic rings. The van der Waals surface area contributed by atoms with Gasteiger partial charge in [-0.05, 0) is 31.5 Å². The summed E-state index contributed by atoms with van der Waals surface area (Å²) in [5.41, 5.74) is 8.94. The Hall–Kier alpha value is -1.68. The molecular formula is C11H14N4. The number of benzene rings is 1. The number of hydrogen-bond donors (Lipinski definition) is 1. The van der Waals surface area contributed by atoms with Crippen molar-refractivity contribution in [2.45, 2.75) is 19.9 Å². The van der Waals surface area contributed by atoms with Gasteiger partial charge in [0.05, 0.1) is 17.6 Å². The molecule has 0 spiro atoms. The largest absolute Gasteiger partial charge is 0.323 e. The topological polar surface area (TPSA) is 56.7 Å². The lowest BCUT2D eigenvalue weighted by atomic mass is 10.2. The Balaban J connectivity index is 2.49. The van der Waals surface area contributed by atoms with Crippen molar-refractivity contribution < 1.29 is 0 Å². The second kappa shape index (κ2) is 3.82. The average molecular weight is 202 g/mol. The summed E-state index contributed by atoms with van der Waals surface area (Å²) in [6.07, 6.45) is 1.70. The van der Waals surface area contributed by atoms with Crippen LogP contribution in [0, 0.1) is 6.92 Å². The molecule has 0 amide bonds. The molecule has 0 aliphatic carbocycles. The van der Waals surface area contributed by atoms with Crippen LogP contribution in [-0.2, 0) is 0 Å². The number of aryl methyl sites for hydroxylation is 1. The van der Waals surface area contributed by atoms with Crippen molar-refractivity contribution in [1.82, 2.24) is 15.0 Å². The maximum atomic E-state index is 5.83. The van der Waals surface area contributed by atoms with E-state index in [0.717, 1.165) is 11.4 Å². The molecule has 0 aliphatic rings. The van der Waals surface area contributed by atoms with Crippen molar-refractivity contribution in [3.63, 3.8) is 0 Å². The number of nitrogens with two attached hydrogens (primary N) is 1. The van der Waals surface area contributed by atoms with E-state index in [0.29, 0.717) is 0 Å². The molecule has 2 rings (SSSR count). The van der Waals surface area contributed by atoms with Gasteiger partial charge in [-0.3, -0.25) is 0 Å². The summed E-state index contributed by atoms with van der Waals surface area (Å²) in [7, 11) is 0. The molecule has 1 atom stereocenters. The Bertz CT molecular complexity index is 459. The summed E-state index contributed by atoms with van der Waals surface area (Å²) in [6.45, 7) is 3.97. The van der Waals surface area contributed by atoms with E-state index in [-0.39, 0.29) is 6.04 Å². The molecule has 0 aliphatic heterocycles. The Kier molecular flexibility index (Phi) is 2.51. The van der Waals surface area contributed by atoms with Crippen LogP contribution in [-0.4, -0.2) is 15.0 Å². The Morgan fingerprint density at radius 2 is 2.20 bits per heavy atom. The van der Waals surface area contributed by atoms with Crippen LogP contribution >= 0.6 is 0 Å². The first-order chi connectivity index (χ1) is 7.18. The summed E-state index contributed by atoms with van der Waals surface area (Å²) in [4.78, 5) is 0. The zero-order valence-electron chi connectivity index (χ0n) is 8.88. The maximum Gasteiger partial charge on any atom is 0.0810 e. The Morgan fingerprint density at radius 1 is 1.40 bits per heavy atom. The van der Waals surface area contributed by atoms with Crippen LogP contribution in [0.5, 0.6) is 0 Å².